The number of carbonyl (C=O) groups is 1. The predicted octanol–water partition coefficient (Wildman–Crippen LogP) is 2.80. The first-order chi connectivity index (χ1) is 11.5. The van der Waals surface area contributed by atoms with Crippen LogP contribution in [0.15, 0.2) is 47.4 Å². The normalized spacial score (nSPS) is 10.8. The maximum absolute atomic E-state index is 12.2. The highest BCUT2D eigenvalue weighted by atomic mass is 35.5. The van der Waals surface area contributed by atoms with Crippen molar-refractivity contribution in [1.82, 2.24) is 15.3 Å². The third-order valence-corrected chi connectivity index (χ3v) is 4.03. The van der Waals surface area contributed by atoms with E-state index in [1.807, 2.05) is 30.3 Å². The fourth-order valence-electron chi connectivity index (χ4n) is 2.48. The van der Waals surface area contributed by atoms with Crippen molar-refractivity contribution in [1.29, 1.82) is 0 Å². The Morgan fingerprint density at radius 3 is 2.83 bits per heavy atom. The minimum atomic E-state index is -0.139. The van der Waals surface area contributed by atoms with Gasteiger partial charge in [-0.15, -0.1) is 0 Å². The van der Waals surface area contributed by atoms with Crippen molar-refractivity contribution in [2.24, 2.45) is 0 Å². The highest BCUT2D eigenvalue weighted by molar-refractivity contribution is 6.31. The molecule has 0 saturated heterocycles. The van der Waals surface area contributed by atoms with Crippen molar-refractivity contribution in [3.8, 4) is 0 Å². The number of fused-ring (bicyclic) bond motifs is 1. The Morgan fingerprint density at radius 2 is 2.08 bits per heavy atom. The summed E-state index contributed by atoms with van der Waals surface area (Å²) in [4.78, 5) is 30.3. The average molecular weight is 342 g/mol. The summed E-state index contributed by atoms with van der Waals surface area (Å²) in [6, 6.07) is 11.3. The second-order valence-electron chi connectivity index (χ2n) is 5.57. The Hall–Kier alpha value is -2.66. The number of hydrogen-bond acceptors (Lipinski definition) is 3. The molecule has 0 aliphatic rings. The smallest absolute Gasteiger partial charge is 0.251 e. The number of carbonyl (C=O) groups excluding carboxylic acids is 1. The van der Waals surface area contributed by atoms with Crippen molar-refractivity contribution < 1.29 is 4.79 Å². The van der Waals surface area contributed by atoms with E-state index in [0.29, 0.717) is 22.7 Å². The van der Waals surface area contributed by atoms with Crippen molar-refractivity contribution in [3.63, 3.8) is 0 Å². The second-order valence-corrected chi connectivity index (χ2v) is 5.98. The van der Waals surface area contributed by atoms with Gasteiger partial charge in [0.2, 0.25) is 5.91 Å². The van der Waals surface area contributed by atoms with Gasteiger partial charge in [-0.05, 0) is 29.1 Å². The number of para-hydroxylation sites is 1. The molecular formula is C18H16ClN3O2. The molecule has 2 aromatic heterocycles. The van der Waals surface area contributed by atoms with Gasteiger partial charge in [-0.2, -0.15) is 0 Å². The van der Waals surface area contributed by atoms with Crippen molar-refractivity contribution >= 4 is 28.4 Å². The first-order valence-corrected chi connectivity index (χ1v) is 7.89. The molecule has 0 bridgehead atoms. The minimum Gasteiger partial charge on any atom is -0.351 e. The first-order valence-electron chi connectivity index (χ1n) is 7.51. The summed E-state index contributed by atoms with van der Waals surface area (Å²) in [5.74, 6) is -0.139. The van der Waals surface area contributed by atoms with E-state index in [1.165, 1.54) is 6.92 Å². The van der Waals surface area contributed by atoms with E-state index in [1.54, 1.807) is 12.3 Å². The van der Waals surface area contributed by atoms with Gasteiger partial charge < -0.3 is 10.3 Å². The number of rotatable bonds is 4. The number of halogens is 1. The number of aromatic amines is 1. The van der Waals surface area contributed by atoms with Crippen molar-refractivity contribution in [2.75, 3.05) is 0 Å². The molecule has 0 spiro atoms. The Morgan fingerprint density at radius 1 is 1.29 bits per heavy atom. The zero-order chi connectivity index (χ0) is 17.1. The molecule has 2 N–H and O–H groups in total. The molecule has 3 aromatic rings. The molecule has 1 aromatic carbocycles. The Labute approximate surface area is 143 Å². The lowest BCUT2D eigenvalue weighted by atomic mass is 10.1. The maximum Gasteiger partial charge on any atom is 0.251 e. The zero-order valence-electron chi connectivity index (χ0n) is 13.1. The predicted molar refractivity (Wildman–Crippen MR) is 94.1 cm³/mol. The minimum absolute atomic E-state index is 0.118. The van der Waals surface area contributed by atoms with E-state index in [-0.39, 0.29) is 18.0 Å². The molecule has 0 unspecified atom stereocenters. The van der Waals surface area contributed by atoms with Gasteiger partial charge in [-0.25, -0.2) is 0 Å². The molecule has 1 amide bonds. The van der Waals surface area contributed by atoms with E-state index < -0.39 is 0 Å². The molecule has 2 heterocycles. The lowest BCUT2D eigenvalue weighted by Gasteiger charge is -2.07. The molecule has 0 aliphatic heterocycles. The number of hydrogen-bond donors (Lipinski definition) is 2. The summed E-state index contributed by atoms with van der Waals surface area (Å²) >= 11 is 6.21. The highest BCUT2D eigenvalue weighted by Gasteiger charge is 2.08. The van der Waals surface area contributed by atoms with Crippen LogP contribution in [0.2, 0.25) is 5.02 Å². The topological polar surface area (TPSA) is 74.8 Å². The number of aromatic nitrogens is 2. The van der Waals surface area contributed by atoms with Gasteiger partial charge in [0, 0.05) is 30.6 Å². The van der Waals surface area contributed by atoms with Gasteiger partial charge in [-0.1, -0.05) is 29.8 Å². The fourth-order valence-corrected chi connectivity index (χ4v) is 2.74. The Kier molecular flexibility index (Phi) is 4.62. The quantitative estimate of drug-likeness (QED) is 0.766. The Bertz CT molecular complexity index is 966. The van der Waals surface area contributed by atoms with Gasteiger partial charge in [0.25, 0.3) is 5.56 Å². The maximum atomic E-state index is 12.2. The molecule has 0 radical (unpaired) electrons. The van der Waals surface area contributed by atoms with Crippen LogP contribution in [0.25, 0.3) is 10.9 Å². The van der Waals surface area contributed by atoms with Crippen LogP contribution in [0.4, 0.5) is 0 Å². The molecule has 24 heavy (non-hydrogen) atoms. The number of amides is 1. The summed E-state index contributed by atoms with van der Waals surface area (Å²) in [6.07, 6.45) is 2.12. The van der Waals surface area contributed by atoms with Gasteiger partial charge in [0.15, 0.2) is 0 Å². The summed E-state index contributed by atoms with van der Waals surface area (Å²) in [5.41, 5.74) is 2.79. The van der Waals surface area contributed by atoms with Crippen molar-refractivity contribution in [3.05, 3.63) is 74.8 Å². The molecule has 6 heteroatoms. The lowest BCUT2D eigenvalue weighted by molar-refractivity contribution is -0.119. The van der Waals surface area contributed by atoms with Gasteiger partial charge in [0.1, 0.15) is 0 Å². The van der Waals surface area contributed by atoms with Gasteiger partial charge in [0.05, 0.1) is 17.3 Å². The number of nitrogens with one attached hydrogen (secondary N) is 2. The van der Waals surface area contributed by atoms with Crippen LogP contribution in [-0.4, -0.2) is 15.9 Å². The van der Waals surface area contributed by atoms with Crippen LogP contribution in [0.3, 0.4) is 0 Å². The molecule has 0 fully saturated rings. The SMILES string of the molecule is CC(=O)NCc1ncc(Cc2cc3ccccc3[nH]c2=O)cc1Cl. The molecule has 122 valence electrons. The lowest BCUT2D eigenvalue weighted by Crippen LogP contribution is -2.20. The summed E-state index contributed by atoms with van der Waals surface area (Å²) < 4.78 is 0. The standard InChI is InChI=1S/C18H16ClN3O2/c1-11(23)20-10-17-15(19)7-12(9-21-17)6-14-8-13-4-2-3-5-16(13)22-18(14)24/h2-5,7-9H,6,10H2,1H3,(H,20,23)(H,22,24). The third kappa shape index (κ3) is 3.63. The van der Waals surface area contributed by atoms with Crippen LogP contribution in [0, 0.1) is 0 Å². The third-order valence-electron chi connectivity index (χ3n) is 3.70. The molecule has 5 nitrogen and oxygen atoms in total. The van der Waals surface area contributed by atoms with Crippen LogP contribution in [0.1, 0.15) is 23.7 Å². The largest absolute Gasteiger partial charge is 0.351 e. The fraction of sp³-hybridized carbons (Fsp3) is 0.167. The summed E-state index contributed by atoms with van der Waals surface area (Å²) in [7, 11) is 0. The van der Waals surface area contributed by atoms with Crippen LogP contribution in [-0.2, 0) is 17.8 Å². The van der Waals surface area contributed by atoms with E-state index in [9.17, 15) is 9.59 Å². The highest BCUT2D eigenvalue weighted by Crippen LogP contribution is 2.18. The molecule has 0 atom stereocenters. The first kappa shape index (κ1) is 16.2. The average Bonchev–Trinajstić information content (AvgIpc) is 2.54. The Balaban J connectivity index is 1.86. The van der Waals surface area contributed by atoms with Crippen molar-refractivity contribution in [2.45, 2.75) is 19.9 Å². The number of benzene rings is 1. The monoisotopic (exact) mass is 341 g/mol. The molecule has 0 aliphatic carbocycles. The molecular weight excluding hydrogens is 326 g/mol. The summed E-state index contributed by atoms with van der Waals surface area (Å²) in [6.45, 7) is 1.72. The van der Waals surface area contributed by atoms with E-state index in [0.717, 1.165) is 16.5 Å². The number of H-pyrrole nitrogens is 1. The van der Waals surface area contributed by atoms with E-state index in [2.05, 4.69) is 15.3 Å². The van der Waals surface area contributed by atoms with Gasteiger partial charge in [-0.3, -0.25) is 14.6 Å². The number of pyridine rings is 2. The van der Waals surface area contributed by atoms with E-state index >= 15 is 0 Å². The number of nitrogens with zero attached hydrogens (tertiary/aromatic N) is 1. The zero-order valence-corrected chi connectivity index (χ0v) is 13.9. The van der Waals surface area contributed by atoms with E-state index in [4.69, 9.17) is 11.6 Å². The molecule has 0 saturated carbocycles. The molecule has 3 rings (SSSR count). The van der Waals surface area contributed by atoms with Gasteiger partial charge >= 0.3 is 0 Å². The van der Waals surface area contributed by atoms with Crippen LogP contribution >= 0.6 is 11.6 Å². The summed E-state index contributed by atoms with van der Waals surface area (Å²) in [5, 5.41) is 4.11. The second kappa shape index (κ2) is 6.84. The van der Waals surface area contributed by atoms with Crippen LogP contribution in [0.5, 0.6) is 0 Å². The van der Waals surface area contributed by atoms with Crippen LogP contribution < -0.4 is 10.9 Å².